The average molecular weight is 399 g/mol. The monoisotopic (exact) mass is 398 g/mol. The molecule has 0 heterocycles. The van der Waals surface area contributed by atoms with E-state index in [1.807, 2.05) is 12.1 Å². The Kier molecular flexibility index (Phi) is 7.06. The second-order valence-electron chi connectivity index (χ2n) is 10.3. The van der Waals surface area contributed by atoms with Gasteiger partial charge in [0.25, 0.3) is 0 Å². The fourth-order valence-electron chi connectivity index (χ4n) is 3.27. The van der Waals surface area contributed by atoms with E-state index in [1.165, 1.54) is 11.1 Å². The van der Waals surface area contributed by atoms with E-state index < -0.39 is 0 Å². The minimum Gasteiger partial charge on any atom is -0.491 e. The predicted molar refractivity (Wildman–Crippen MR) is 121 cm³/mol. The first-order valence-electron chi connectivity index (χ1n) is 10.4. The summed E-state index contributed by atoms with van der Waals surface area (Å²) in [5, 5.41) is 0. The van der Waals surface area contributed by atoms with Crippen LogP contribution < -0.4 is 9.47 Å². The van der Waals surface area contributed by atoms with E-state index in [0.29, 0.717) is 6.61 Å². The molecule has 0 saturated carbocycles. The molecule has 29 heavy (non-hydrogen) atoms. The Morgan fingerprint density at radius 1 is 0.690 bits per heavy atom. The molecule has 0 aliphatic carbocycles. The van der Waals surface area contributed by atoms with Gasteiger partial charge in [0, 0.05) is 12.5 Å². The number of hydrogen-bond acceptors (Lipinski definition) is 3. The summed E-state index contributed by atoms with van der Waals surface area (Å²) in [6, 6.07) is 16.8. The summed E-state index contributed by atoms with van der Waals surface area (Å²) < 4.78 is 17.5. The van der Waals surface area contributed by atoms with Crippen molar-refractivity contribution in [1.29, 1.82) is 0 Å². The summed E-state index contributed by atoms with van der Waals surface area (Å²) >= 11 is 0. The van der Waals surface area contributed by atoms with E-state index in [4.69, 9.17) is 14.2 Å². The maximum absolute atomic E-state index is 5.98. The number of benzene rings is 2. The zero-order valence-electron chi connectivity index (χ0n) is 19.6. The van der Waals surface area contributed by atoms with Gasteiger partial charge in [0.05, 0.1) is 6.10 Å². The van der Waals surface area contributed by atoms with Gasteiger partial charge < -0.3 is 14.2 Å². The SMILES string of the molecule is COC(COc1ccc(C(C)(C)c2ccc(OC(C)(C)C)cc2)cc1)C(C)(C)C. The van der Waals surface area contributed by atoms with Crippen LogP contribution in [0.4, 0.5) is 0 Å². The molecule has 3 heteroatoms. The van der Waals surface area contributed by atoms with Crippen molar-refractivity contribution < 1.29 is 14.2 Å². The number of ether oxygens (including phenoxy) is 3. The highest BCUT2D eigenvalue weighted by atomic mass is 16.5. The molecule has 0 aromatic heterocycles. The first kappa shape index (κ1) is 23.3. The Balaban J connectivity index is 2.09. The second-order valence-corrected chi connectivity index (χ2v) is 10.3. The van der Waals surface area contributed by atoms with Crippen molar-refractivity contribution in [2.45, 2.75) is 72.5 Å². The van der Waals surface area contributed by atoms with Crippen LogP contribution in [-0.2, 0) is 10.2 Å². The predicted octanol–water partition coefficient (Wildman–Crippen LogP) is 6.63. The first-order valence-corrected chi connectivity index (χ1v) is 10.4. The van der Waals surface area contributed by atoms with E-state index in [-0.39, 0.29) is 22.5 Å². The van der Waals surface area contributed by atoms with Gasteiger partial charge in [-0.3, -0.25) is 0 Å². The van der Waals surface area contributed by atoms with Crippen molar-refractivity contribution >= 4 is 0 Å². The highest BCUT2D eigenvalue weighted by Crippen LogP contribution is 2.34. The average Bonchev–Trinajstić information content (AvgIpc) is 2.60. The lowest BCUT2D eigenvalue weighted by Gasteiger charge is -2.29. The number of rotatable bonds is 7. The Morgan fingerprint density at radius 3 is 1.52 bits per heavy atom. The highest BCUT2D eigenvalue weighted by molar-refractivity contribution is 5.41. The Bertz CT molecular complexity index is 760. The van der Waals surface area contributed by atoms with Gasteiger partial charge in [-0.25, -0.2) is 0 Å². The van der Waals surface area contributed by atoms with Crippen molar-refractivity contribution in [3.05, 3.63) is 59.7 Å². The molecular weight excluding hydrogens is 360 g/mol. The topological polar surface area (TPSA) is 27.7 Å². The van der Waals surface area contributed by atoms with Gasteiger partial charge in [-0.2, -0.15) is 0 Å². The molecule has 0 saturated heterocycles. The molecule has 1 unspecified atom stereocenters. The molecule has 0 spiro atoms. The van der Waals surface area contributed by atoms with Crippen molar-refractivity contribution in [2.24, 2.45) is 5.41 Å². The van der Waals surface area contributed by atoms with Crippen LogP contribution in [-0.4, -0.2) is 25.4 Å². The van der Waals surface area contributed by atoms with E-state index >= 15 is 0 Å². The van der Waals surface area contributed by atoms with E-state index in [2.05, 4.69) is 91.8 Å². The summed E-state index contributed by atoms with van der Waals surface area (Å²) in [5.41, 5.74) is 2.23. The minimum absolute atomic E-state index is 0.0412. The van der Waals surface area contributed by atoms with Gasteiger partial charge in [0.1, 0.15) is 23.7 Å². The lowest BCUT2D eigenvalue weighted by Crippen LogP contribution is -2.34. The molecule has 2 aromatic carbocycles. The molecule has 3 nitrogen and oxygen atoms in total. The summed E-state index contributed by atoms with van der Waals surface area (Å²) in [4.78, 5) is 0. The second kappa shape index (κ2) is 8.79. The molecule has 2 aromatic rings. The molecule has 0 bridgehead atoms. The zero-order valence-corrected chi connectivity index (χ0v) is 19.6. The lowest BCUT2D eigenvalue weighted by molar-refractivity contribution is -0.0149. The molecule has 160 valence electrons. The largest absolute Gasteiger partial charge is 0.491 e. The zero-order chi connectivity index (χ0) is 21.9. The van der Waals surface area contributed by atoms with Gasteiger partial charge in [0.2, 0.25) is 0 Å². The maximum Gasteiger partial charge on any atom is 0.120 e. The third-order valence-electron chi connectivity index (χ3n) is 5.23. The van der Waals surface area contributed by atoms with Gasteiger partial charge in [-0.15, -0.1) is 0 Å². The molecule has 0 amide bonds. The summed E-state index contributed by atoms with van der Waals surface area (Å²) in [7, 11) is 1.74. The standard InChI is InChI=1S/C26H38O3/c1-24(2,3)23(27-9)18-28-21-14-10-19(11-15-21)26(7,8)20-12-16-22(17-13-20)29-25(4,5)6/h10-17,23H,18H2,1-9H3. The molecule has 0 N–H and O–H groups in total. The van der Waals surface area contributed by atoms with Gasteiger partial charge in [-0.1, -0.05) is 58.9 Å². The molecule has 0 radical (unpaired) electrons. The Hall–Kier alpha value is -2.00. The third-order valence-corrected chi connectivity index (χ3v) is 5.23. The Labute approximate surface area is 177 Å². The van der Waals surface area contributed by atoms with E-state index in [9.17, 15) is 0 Å². The summed E-state index contributed by atoms with van der Waals surface area (Å²) in [6.07, 6.45) is 0.0486. The van der Waals surface area contributed by atoms with Crippen molar-refractivity contribution in [3.63, 3.8) is 0 Å². The van der Waals surface area contributed by atoms with Crippen LogP contribution in [0.25, 0.3) is 0 Å². The molecular formula is C26H38O3. The normalized spacial score (nSPS) is 13.8. The van der Waals surface area contributed by atoms with Gasteiger partial charge in [0.15, 0.2) is 0 Å². The van der Waals surface area contributed by atoms with Crippen LogP contribution in [0.3, 0.4) is 0 Å². The number of hydrogen-bond donors (Lipinski definition) is 0. The fraction of sp³-hybridized carbons (Fsp3) is 0.538. The van der Waals surface area contributed by atoms with E-state index in [0.717, 1.165) is 11.5 Å². The summed E-state index contributed by atoms with van der Waals surface area (Å²) in [6.45, 7) is 17.7. The molecule has 2 rings (SSSR count). The number of methoxy groups -OCH3 is 1. The lowest BCUT2D eigenvalue weighted by atomic mass is 9.78. The van der Waals surface area contributed by atoms with Gasteiger partial charge in [-0.05, 0) is 61.6 Å². The maximum atomic E-state index is 5.98. The Morgan fingerprint density at radius 2 is 1.14 bits per heavy atom. The molecule has 1 atom stereocenters. The quantitative estimate of drug-likeness (QED) is 0.524. The molecule has 0 aliphatic heterocycles. The molecule has 0 fully saturated rings. The van der Waals surface area contributed by atoms with Crippen LogP contribution in [0.1, 0.15) is 66.5 Å². The van der Waals surface area contributed by atoms with Crippen molar-refractivity contribution in [3.8, 4) is 11.5 Å². The van der Waals surface area contributed by atoms with E-state index in [1.54, 1.807) is 7.11 Å². The van der Waals surface area contributed by atoms with Crippen LogP contribution in [0.5, 0.6) is 11.5 Å². The van der Waals surface area contributed by atoms with Crippen LogP contribution in [0, 0.1) is 5.41 Å². The first-order chi connectivity index (χ1) is 13.3. The smallest absolute Gasteiger partial charge is 0.120 e. The van der Waals surface area contributed by atoms with Crippen LogP contribution >= 0.6 is 0 Å². The van der Waals surface area contributed by atoms with Crippen molar-refractivity contribution in [2.75, 3.05) is 13.7 Å². The van der Waals surface area contributed by atoms with Crippen molar-refractivity contribution in [1.82, 2.24) is 0 Å². The summed E-state index contributed by atoms with van der Waals surface area (Å²) in [5.74, 6) is 1.76. The minimum atomic E-state index is -0.193. The van der Waals surface area contributed by atoms with Gasteiger partial charge >= 0.3 is 0 Å². The van der Waals surface area contributed by atoms with Crippen LogP contribution in [0.15, 0.2) is 48.5 Å². The molecule has 0 aliphatic rings. The fourth-order valence-corrected chi connectivity index (χ4v) is 3.27. The third kappa shape index (κ3) is 6.50. The van der Waals surface area contributed by atoms with Crippen LogP contribution in [0.2, 0.25) is 0 Å². The highest BCUT2D eigenvalue weighted by Gasteiger charge is 2.26.